The number of fused-ring (bicyclic) bond motifs is 18. The van der Waals surface area contributed by atoms with E-state index in [0.29, 0.717) is 5.82 Å². The van der Waals surface area contributed by atoms with Crippen molar-refractivity contribution < 1.29 is 0 Å². The van der Waals surface area contributed by atoms with Crippen LogP contribution in [0.1, 0.15) is 0 Å². The molecule has 6 nitrogen and oxygen atoms in total. The van der Waals surface area contributed by atoms with Gasteiger partial charge in [0.1, 0.15) is 0 Å². The summed E-state index contributed by atoms with van der Waals surface area (Å²) >= 11 is 0. The number of aromatic nitrogens is 6. The van der Waals surface area contributed by atoms with E-state index in [2.05, 4.69) is 370 Å². The molecule has 0 amide bonds. The highest BCUT2D eigenvalue weighted by molar-refractivity contribution is 6.26. The molecule has 5 heterocycles. The Hall–Kier alpha value is -13.4. The summed E-state index contributed by atoms with van der Waals surface area (Å²) in [4.78, 5) is 11.1. The van der Waals surface area contributed by atoms with E-state index in [9.17, 15) is 0 Å². The van der Waals surface area contributed by atoms with Crippen LogP contribution in [0.15, 0.2) is 352 Å². The quantitative estimate of drug-likeness (QED) is 0.135. The predicted molar refractivity (Wildman–Crippen MR) is 419 cm³/mol. The second kappa shape index (κ2) is 22.1. The molecule has 0 saturated carbocycles. The summed E-state index contributed by atoms with van der Waals surface area (Å²) in [5.41, 5.74) is 23.1. The van der Waals surface area contributed by atoms with Crippen LogP contribution in [0, 0.1) is 0 Å². The average molecular weight is 1270 g/mol. The van der Waals surface area contributed by atoms with Gasteiger partial charge in [-0.2, -0.15) is 0 Å². The summed E-state index contributed by atoms with van der Waals surface area (Å²) < 4.78 is 9.56. The van der Waals surface area contributed by atoms with Gasteiger partial charge in [-0.1, -0.05) is 206 Å². The lowest BCUT2D eigenvalue weighted by atomic mass is 9.92. The normalized spacial score (nSPS) is 12.0. The van der Waals surface area contributed by atoms with E-state index in [0.717, 1.165) is 72.9 Å². The second-order valence-electron chi connectivity index (χ2n) is 26.4. The van der Waals surface area contributed by atoms with E-state index < -0.39 is 0 Å². The molecule has 16 aromatic carbocycles. The minimum atomic E-state index is 0.649. The standard InChI is InChI=1S/C94H58N6/c1-3-21-66(22-4-1)97-86-34-15-11-30-75(86)80-53-60(41-48-90(80)97)62-43-50-92-82(55-62)77-32-13-17-36-88(77)99(92)68-45-38-59(39-46-68)94-95-84(58-85(96-94)65-40-47-74-72-28-8-7-26-70(72)71-27-9-10-29-73(71)79(74)57-65)64-20-19-25-69(52-64)100-89-37-18-14-33-78(89)83-56-63(44-51-93(83)100)61-42-49-91-81(54-61)76-31-12-16-35-87(76)98(91)67-23-5-2-6-24-67/h1-58H. The zero-order valence-electron chi connectivity index (χ0n) is 54.2. The molecule has 0 spiro atoms. The van der Waals surface area contributed by atoms with Crippen molar-refractivity contribution in [3.8, 4) is 78.9 Å². The number of nitrogens with zero attached hydrogens (tertiary/aromatic N) is 6. The van der Waals surface area contributed by atoms with Crippen molar-refractivity contribution in [3.05, 3.63) is 352 Å². The number of hydrogen-bond donors (Lipinski definition) is 0. The molecule has 0 atom stereocenters. The highest BCUT2D eigenvalue weighted by Gasteiger charge is 2.22. The van der Waals surface area contributed by atoms with Crippen LogP contribution in [0.5, 0.6) is 0 Å². The predicted octanol–water partition coefficient (Wildman–Crippen LogP) is 24.7. The monoisotopic (exact) mass is 1270 g/mol. The van der Waals surface area contributed by atoms with Crippen molar-refractivity contribution in [1.82, 2.24) is 28.2 Å². The lowest BCUT2D eigenvalue weighted by Gasteiger charge is -2.14. The van der Waals surface area contributed by atoms with Crippen LogP contribution in [0.3, 0.4) is 0 Å². The summed E-state index contributed by atoms with van der Waals surface area (Å²) in [6.07, 6.45) is 0. The van der Waals surface area contributed by atoms with Crippen LogP contribution in [0.2, 0.25) is 0 Å². The van der Waals surface area contributed by atoms with E-state index in [1.807, 2.05) is 0 Å². The Bertz CT molecular complexity index is 6910. The van der Waals surface area contributed by atoms with Crippen molar-refractivity contribution in [2.24, 2.45) is 0 Å². The molecule has 0 fully saturated rings. The summed E-state index contributed by atoms with van der Waals surface area (Å²) in [5.74, 6) is 0.649. The third-order valence-electron chi connectivity index (χ3n) is 20.9. The van der Waals surface area contributed by atoms with Gasteiger partial charge < -0.3 is 18.3 Å². The zero-order valence-corrected chi connectivity index (χ0v) is 54.2. The molecular weight excluding hydrogens is 1210 g/mol. The minimum Gasteiger partial charge on any atom is -0.309 e. The highest BCUT2D eigenvalue weighted by Crippen LogP contribution is 2.44. The molecule has 0 aliphatic carbocycles. The van der Waals surface area contributed by atoms with E-state index >= 15 is 0 Å². The van der Waals surface area contributed by atoms with E-state index in [1.54, 1.807) is 0 Å². The maximum atomic E-state index is 5.56. The first-order valence-corrected chi connectivity index (χ1v) is 34.3. The van der Waals surface area contributed by atoms with Gasteiger partial charge in [0.25, 0.3) is 0 Å². The highest BCUT2D eigenvalue weighted by atomic mass is 15.0. The Morgan fingerprint density at radius 1 is 0.150 bits per heavy atom. The maximum absolute atomic E-state index is 5.56. The lowest BCUT2D eigenvalue weighted by molar-refractivity contribution is 1.16. The van der Waals surface area contributed by atoms with Crippen LogP contribution in [-0.2, 0) is 0 Å². The van der Waals surface area contributed by atoms with Gasteiger partial charge in [-0.15, -0.1) is 0 Å². The Balaban J connectivity index is 0.682. The van der Waals surface area contributed by atoms with Crippen molar-refractivity contribution in [2.75, 3.05) is 0 Å². The molecule has 5 aromatic heterocycles. The first-order valence-electron chi connectivity index (χ1n) is 34.3. The smallest absolute Gasteiger partial charge is 0.160 e. The molecule has 21 aromatic rings. The first-order chi connectivity index (χ1) is 49.6. The fourth-order valence-electron chi connectivity index (χ4n) is 16.4. The summed E-state index contributed by atoms with van der Waals surface area (Å²) in [7, 11) is 0. The van der Waals surface area contributed by atoms with Gasteiger partial charge >= 0.3 is 0 Å². The summed E-state index contributed by atoms with van der Waals surface area (Å²) in [6, 6.07) is 129. The number of hydrogen-bond acceptors (Lipinski definition) is 2. The Labute approximate surface area is 575 Å². The van der Waals surface area contributed by atoms with Crippen LogP contribution in [-0.4, -0.2) is 28.2 Å². The van der Waals surface area contributed by atoms with Gasteiger partial charge in [0.15, 0.2) is 5.82 Å². The van der Waals surface area contributed by atoms with Crippen LogP contribution in [0.25, 0.3) is 198 Å². The molecule has 0 unspecified atom stereocenters. The zero-order chi connectivity index (χ0) is 65.5. The van der Waals surface area contributed by atoms with Gasteiger partial charge in [0, 0.05) is 82.5 Å². The van der Waals surface area contributed by atoms with E-state index in [4.69, 9.17) is 9.97 Å². The molecular formula is C94H58N6. The molecule has 6 heteroatoms. The third-order valence-corrected chi connectivity index (χ3v) is 20.9. The Morgan fingerprint density at radius 2 is 0.430 bits per heavy atom. The number of benzene rings is 16. The molecule has 0 saturated heterocycles. The summed E-state index contributed by atoms with van der Waals surface area (Å²) in [5, 5.41) is 17.1. The maximum Gasteiger partial charge on any atom is 0.160 e. The molecule has 100 heavy (non-hydrogen) atoms. The Morgan fingerprint density at radius 3 is 0.840 bits per heavy atom. The van der Waals surface area contributed by atoms with Gasteiger partial charge in [0.05, 0.1) is 55.5 Å². The minimum absolute atomic E-state index is 0.649. The largest absolute Gasteiger partial charge is 0.309 e. The molecule has 0 aliphatic heterocycles. The van der Waals surface area contributed by atoms with Gasteiger partial charge in [-0.05, 0) is 200 Å². The Kier molecular flexibility index (Phi) is 12.3. The van der Waals surface area contributed by atoms with Gasteiger partial charge in [-0.3, -0.25) is 0 Å². The van der Waals surface area contributed by atoms with Gasteiger partial charge in [-0.25, -0.2) is 9.97 Å². The number of para-hydroxylation sites is 6. The second-order valence-corrected chi connectivity index (χ2v) is 26.4. The SMILES string of the molecule is c1ccc(-n2c3ccccc3c3cc(-c4ccc5c(c4)c4ccccc4n5-c4ccc(-c5nc(-c6cccc(-n7c8ccccc8c8cc(-c9ccc%10c(c9)c9ccccc9n%10-c9ccccc9)ccc87)c6)cc(-c6ccc7c8ccccc8c8ccccc8c7c6)n5)cc4)ccc32)cc1. The average Bonchev–Trinajstić information content (AvgIpc) is 1.73. The summed E-state index contributed by atoms with van der Waals surface area (Å²) in [6.45, 7) is 0. The van der Waals surface area contributed by atoms with E-state index in [-0.39, 0.29) is 0 Å². The molecule has 464 valence electrons. The van der Waals surface area contributed by atoms with Crippen LogP contribution in [0.4, 0.5) is 0 Å². The van der Waals surface area contributed by atoms with Gasteiger partial charge in [0.2, 0.25) is 0 Å². The van der Waals surface area contributed by atoms with Crippen molar-refractivity contribution >= 4 is 120 Å². The fourth-order valence-corrected chi connectivity index (χ4v) is 16.4. The molecule has 0 N–H and O–H groups in total. The first kappa shape index (κ1) is 55.8. The van der Waals surface area contributed by atoms with Crippen molar-refractivity contribution in [2.45, 2.75) is 0 Å². The van der Waals surface area contributed by atoms with E-state index in [1.165, 1.54) is 120 Å². The van der Waals surface area contributed by atoms with Crippen LogP contribution < -0.4 is 0 Å². The lowest BCUT2D eigenvalue weighted by Crippen LogP contribution is -1.99. The number of rotatable bonds is 9. The van der Waals surface area contributed by atoms with Crippen LogP contribution >= 0.6 is 0 Å². The molecule has 0 bridgehead atoms. The molecule has 21 rings (SSSR count). The third kappa shape index (κ3) is 8.64. The van der Waals surface area contributed by atoms with Crippen molar-refractivity contribution in [3.63, 3.8) is 0 Å². The fraction of sp³-hybridized carbons (Fsp3) is 0. The molecule has 0 aliphatic rings. The van der Waals surface area contributed by atoms with Crippen molar-refractivity contribution in [1.29, 1.82) is 0 Å². The molecule has 0 radical (unpaired) electrons. The topological polar surface area (TPSA) is 45.5 Å².